The van der Waals surface area contributed by atoms with Crippen LogP contribution in [0.25, 0.3) is 6.08 Å². The topological polar surface area (TPSA) is 79.1 Å². The average Bonchev–Trinajstić information content (AvgIpc) is 3.17. The van der Waals surface area contributed by atoms with Crippen LogP contribution in [0.1, 0.15) is 31.0 Å². The molecule has 2 aromatic carbocycles. The molecule has 10 heteroatoms. The lowest BCUT2D eigenvalue weighted by Gasteiger charge is -2.25. The molecule has 0 unspecified atom stereocenters. The summed E-state index contributed by atoms with van der Waals surface area (Å²) in [6, 6.07) is 10.3. The highest BCUT2D eigenvalue weighted by molar-refractivity contribution is 9.10. The van der Waals surface area contributed by atoms with E-state index in [1.165, 1.54) is 11.3 Å². The molecule has 192 valence electrons. The predicted molar refractivity (Wildman–Crippen MR) is 151 cm³/mol. The van der Waals surface area contributed by atoms with Crippen molar-refractivity contribution in [1.29, 1.82) is 0 Å². The second-order valence-electron chi connectivity index (χ2n) is 7.98. The standard InChI is InChI=1S/C27H24Br2N2O5S/c1-5-11-36-20-10-8-18(28)12-17(20)14-22-25(32)31-24(16-7-9-21(34-4)19(29)13-16)23(26(33)35-6-2)15(3)30-27(31)37-22/h5,7-10,12-14,24H,1,6,11H2,2-4H3/b22-14+/t24-/m0/s1. The minimum Gasteiger partial charge on any atom is -0.496 e. The molecule has 0 N–H and O–H groups in total. The monoisotopic (exact) mass is 646 g/mol. The maximum Gasteiger partial charge on any atom is 0.338 e. The summed E-state index contributed by atoms with van der Waals surface area (Å²) in [5.41, 5.74) is 1.99. The number of ether oxygens (including phenoxy) is 3. The van der Waals surface area contributed by atoms with Crippen molar-refractivity contribution in [2.45, 2.75) is 19.9 Å². The molecule has 3 aromatic rings. The summed E-state index contributed by atoms with van der Waals surface area (Å²) in [7, 11) is 1.58. The third-order valence-corrected chi connectivity index (χ3v) is 7.72. The van der Waals surface area contributed by atoms with Crippen molar-refractivity contribution in [3.05, 3.63) is 100 Å². The van der Waals surface area contributed by atoms with Crippen LogP contribution >= 0.6 is 43.2 Å². The number of carbonyl (C=O) groups excluding carboxylic acids is 1. The molecule has 0 radical (unpaired) electrons. The van der Waals surface area contributed by atoms with Crippen LogP contribution in [0.15, 0.2) is 79.1 Å². The van der Waals surface area contributed by atoms with E-state index in [-0.39, 0.29) is 12.2 Å². The van der Waals surface area contributed by atoms with Gasteiger partial charge in [-0.3, -0.25) is 9.36 Å². The highest BCUT2D eigenvalue weighted by Crippen LogP contribution is 2.35. The molecule has 1 atom stereocenters. The summed E-state index contributed by atoms with van der Waals surface area (Å²) in [5, 5.41) is 0. The van der Waals surface area contributed by atoms with Crippen LogP contribution in [0.3, 0.4) is 0 Å². The molecule has 1 aromatic heterocycles. The number of esters is 1. The number of halogens is 2. The quantitative estimate of drug-likeness (QED) is 0.257. The van der Waals surface area contributed by atoms with Gasteiger partial charge < -0.3 is 14.2 Å². The number of thiazole rings is 1. The molecule has 1 aliphatic heterocycles. The zero-order chi connectivity index (χ0) is 26.7. The number of methoxy groups -OCH3 is 1. The lowest BCUT2D eigenvalue weighted by atomic mass is 9.96. The molecule has 4 rings (SSSR count). The molecule has 1 aliphatic rings. The summed E-state index contributed by atoms with van der Waals surface area (Å²) in [5.74, 6) is 0.742. The number of benzene rings is 2. The second-order valence-corrected chi connectivity index (χ2v) is 10.8. The zero-order valence-electron chi connectivity index (χ0n) is 20.4. The Morgan fingerprint density at radius 2 is 1.97 bits per heavy atom. The van der Waals surface area contributed by atoms with E-state index in [4.69, 9.17) is 14.2 Å². The van der Waals surface area contributed by atoms with E-state index >= 15 is 0 Å². The maximum absolute atomic E-state index is 13.9. The summed E-state index contributed by atoms with van der Waals surface area (Å²) in [6.07, 6.45) is 3.43. The zero-order valence-corrected chi connectivity index (χ0v) is 24.4. The van der Waals surface area contributed by atoms with E-state index in [2.05, 4.69) is 43.4 Å². The molecule has 0 fully saturated rings. The average molecular weight is 648 g/mol. The normalized spacial score (nSPS) is 15.2. The van der Waals surface area contributed by atoms with E-state index < -0.39 is 12.0 Å². The van der Waals surface area contributed by atoms with Gasteiger partial charge in [-0.05, 0) is 71.7 Å². The molecule has 0 amide bonds. The minimum absolute atomic E-state index is 0.204. The lowest BCUT2D eigenvalue weighted by molar-refractivity contribution is -0.139. The Morgan fingerprint density at radius 1 is 1.22 bits per heavy atom. The van der Waals surface area contributed by atoms with Crippen LogP contribution in [0.4, 0.5) is 0 Å². The number of aromatic nitrogens is 1. The third-order valence-electron chi connectivity index (χ3n) is 5.62. The Kier molecular flexibility index (Phi) is 8.51. The number of carbonyl (C=O) groups is 1. The molecule has 2 heterocycles. The van der Waals surface area contributed by atoms with Crippen LogP contribution in [-0.4, -0.2) is 30.9 Å². The number of hydrogen-bond acceptors (Lipinski definition) is 7. The van der Waals surface area contributed by atoms with E-state index in [0.717, 1.165) is 15.6 Å². The first kappa shape index (κ1) is 27.1. The molecule has 37 heavy (non-hydrogen) atoms. The Balaban J connectivity index is 1.95. The highest BCUT2D eigenvalue weighted by Gasteiger charge is 2.33. The van der Waals surface area contributed by atoms with Gasteiger partial charge in [0.25, 0.3) is 5.56 Å². The maximum atomic E-state index is 13.9. The van der Waals surface area contributed by atoms with Gasteiger partial charge in [0, 0.05) is 10.0 Å². The molecular weight excluding hydrogens is 624 g/mol. The van der Waals surface area contributed by atoms with Crippen LogP contribution in [0.2, 0.25) is 0 Å². The number of fused-ring (bicyclic) bond motifs is 1. The van der Waals surface area contributed by atoms with Crippen LogP contribution < -0.4 is 24.4 Å². The van der Waals surface area contributed by atoms with Gasteiger partial charge in [-0.15, -0.1) is 0 Å². The second kappa shape index (κ2) is 11.6. The highest BCUT2D eigenvalue weighted by atomic mass is 79.9. The number of allylic oxidation sites excluding steroid dienone is 1. The summed E-state index contributed by atoms with van der Waals surface area (Å²) >= 11 is 8.27. The van der Waals surface area contributed by atoms with Crippen LogP contribution in [0, 0.1) is 0 Å². The van der Waals surface area contributed by atoms with Crippen molar-refractivity contribution in [2.75, 3.05) is 20.3 Å². The molecule has 0 spiro atoms. The first-order chi connectivity index (χ1) is 17.8. The first-order valence-electron chi connectivity index (χ1n) is 11.3. The molecule has 0 aliphatic carbocycles. The predicted octanol–water partition coefficient (Wildman–Crippen LogP) is 4.90. The van der Waals surface area contributed by atoms with Gasteiger partial charge in [0.15, 0.2) is 4.80 Å². The van der Waals surface area contributed by atoms with Crippen molar-refractivity contribution in [1.82, 2.24) is 4.57 Å². The summed E-state index contributed by atoms with van der Waals surface area (Å²) < 4.78 is 20.1. The van der Waals surface area contributed by atoms with Gasteiger partial charge in [0.05, 0.1) is 40.0 Å². The number of nitrogens with zero attached hydrogens (tertiary/aromatic N) is 2. The SMILES string of the molecule is C=CCOc1ccc(Br)cc1/C=c1/sc2n(c1=O)[C@@H](c1ccc(OC)c(Br)c1)C(C(=O)OCC)=C(C)N=2. The molecule has 7 nitrogen and oxygen atoms in total. The van der Waals surface area contributed by atoms with Gasteiger partial charge in [-0.25, -0.2) is 9.79 Å². The van der Waals surface area contributed by atoms with Gasteiger partial charge in [-0.1, -0.05) is 46.0 Å². The smallest absolute Gasteiger partial charge is 0.338 e. The summed E-state index contributed by atoms with van der Waals surface area (Å²) in [6.45, 7) is 7.73. The van der Waals surface area contributed by atoms with Crippen LogP contribution in [0.5, 0.6) is 11.5 Å². The van der Waals surface area contributed by atoms with Crippen molar-refractivity contribution in [2.24, 2.45) is 4.99 Å². The van der Waals surface area contributed by atoms with Gasteiger partial charge in [0.1, 0.15) is 18.1 Å². The third kappa shape index (κ3) is 5.51. The van der Waals surface area contributed by atoms with E-state index in [9.17, 15) is 9.59 Å². The Morgan fingerprint density at radius 3 is 2.65 bits per heavy atom. The van der Waals surface area contributed by atoms with Crippen molar-refractivity contribution < 1.29 is 19.0 Å². The fourth-order valence-corrected chi connectivity index (χ4v) is 5.99. The van der Waals surface area contributed by atoms with Crippen LogP contribution in [-0.2, 0) is 9.53 Å². The first-order valence-corrected chi connectivity index (χ1v) is 13.8. The Bertz CT molecular complexity index is 1590. The Hall–Kier alpha value is -2.95. The van der Waals surface area contributed by atoms with E-state index in [1.807, 2.05) is 30.3 Å². The fraction of sp³-hybridized carbons (Fsp3) is 0.222. The largest absolute Gasteiger partial charge is 0.496 e. The molecule has 0 saturated heterocycles. The van der Waals surface area contributed by atoms with Gasteiger partial charge in [-0.2, -0.15) is 0 Å². The van der Waals surface area contributed by atoms with Crippen molar-refractivity contribution in [3.8, 4) is 11.5 Å². The van der Waals surface area contributed by atoms with Gasteiger partial charge in [0.2, 0.25) is 0 Å². The summed E-state index contributed by atoms with van der Waals surface area (Å²) in [4.78, 5) is 32.0. The fourth-order valence-electron chi connectivity index (χ4n) is 4.01. The molecule has 0 saturated carbocycles. The van der Waals surface area contributed by atoms with E-state index in [1.54, 1.807) is 43.7 Å². The molecule has 0 bridgehead atoms. The number of hydrogen-bond donors (Lipinski definition) is 0. The van der Waals surface area contributed by atoms with Crippen molar-refractivity contribution >= 4 is 55.2 Å². The molecular formula is C27H24Br2N2O5S. The van der Waals surface area contributed by atoms with Gasteiger partial charge >= 0.3 is 5.97 Å². The minimum atomic E-state index is -0.723. The number of rotatable bonds is 8. The van der Waals surface area contributed by atoms with Crippen molar-refractivity contribution in [3.63, 3.8) is 0 Å². The lowest BCUT2D eigenvalue weighted by Crippen LogP contribution is -2.40. The van der Waals surface area contributed by atoms with E-state index in [0.29, 0.717) is 43.2 Å². The Labute approximate surface area is 234 Å².